The maximum absolute atomic E-state index is 5.81. The van der Waals surface area contributed by atoms with Crippen LogP contribution in [0.1, 0.15) is 24.1 Å². The number of H-pyrrole nitrogens is 1. The standard InChI is InChI=1S/C13H22N4O/c1-10-11(7-15-16-10)6-14-8-13-9-17(4-5-18-13)12-2-3-12/h7,12-14H,2-6,8-9H2,1H3,(H,15,16)/t13-/m1/s1. The number of hydrogen-bond donors (Lipinski definition) is 2. The lowest BCUT2D eigenvalue weighted by Gasteiger charge is -2.33. The second-order valence-electron chi connectivity index (χ2n) is 5.37. The highest BCUT2D eigenvalue weighted by Crippen LogP contribution is 2.28. The molecule has 0 spiro atoms. The van der Waals surface area contributed by atoms with Crippen LogP contribution in [-0.2, 0) is 11.3 Å². The normalized spacial score (nSPS) is 25.5. The van der Waals surface area contributed by atoms with Crippen molar-refractivity contribution in [3.63, 3.8) is 0 Å². The van der Waals surface area contributed by atoms with E-state index in [2.05, 4.69) is 27.3 Å². The molecule has 1 saturated heterocycles. The second kappa shape index (κ2) is 5.38. The van der Waals surface area contributed by atoms with Gasteiger partial charge in [0.15, 0.2) is 0 Å². The van der Waals surface area contributed by atoms with Gasteiger partial charge in [0.05, 0.1) is 18.9 Å². The van der Waals surface area contributed by atoms with E-state index in [9.17, 15) is 0 Å². The van der Waals surface area contributed by atoms with Crippen LogP contribution in [0.15, 0.2) is 6.20 Å². The lowest BCUT2D eigenvalue weighted by Crippen LogP contribution is -2.47. The molecule has 3 rings (SSSR count). The Labute approximate surface area is 108 Å². The summed E-state index contributed by atoms with van der Waals surface area (Å²) in [5.74, 6) is 0. The SMILES string of the molecule is Cc1[nH]ncc1CNC[C@@H]1CN(C2CC2)CCO1. The molecule has 0 unspecified atom stereocenters. The van der Waals surface area contributed by atoms with Gasteiger partial charge in [0.2, 0.25) is 0 Å². The van der Waals surface area contributed by atoms with Crippen molar-refractivity contribution in [2.24, 2.45) is 0 Å². The van der Waals surface area contributed by atoms with E-state index in [1.54, 1.807) is 0 Å². The van der Waals surface area contributed by atoms with Crippen molar-refractivity contribution in [2.45, 2.75) is 38.5 Å². The molecule has 1 aliphatic carbocycles. The Morgan fingerprint density at radius 3 is 3.17 bits per heavy atom. The van der Waals surface area contributed by atoms with Gasteiger partial charge in [-0.3, -0.25) is 10.00 Å². The summed E-state index contributed by atoms with van der Waals surface area (Å²) in [6, 6.07) is 0.854. The highest BCUT2D eigenvalue weighted by molar-refractivity contribution is 5.13. The van der Waals surface area contributed by atoms with Gasteiger partial charge in [0.25, 0.3) is 0 Å². The highest BCUT2D eigenvalue weighted by Gasteiger charge is 2.32. The van der Waals surface area contributed by atoms with Crippen LogP contribution in [-0.4, -0.2) is 53.5 Å². The van der Waals surface area contributed by atoms with Crippen LogP contribution in [0.2, 0.25) is 0 Å². The summed E-state index contributed by atoms with van der Waals surface area (Å²) in [4.78, 5) is 2.58. The molecule has 2 N–H and O–H groups in total. The first-order chi connectivity index (χ1) is 8.83. The average Bonchev–Trinajstić information content (AvgIpc) is 3.15. The number of hydrogen-bond acceptors (Lipinski definition) is 4. The fraction of sp³-hybridized carbons (Fsp3) is 0.769. The average molecular weight is 250 g/mol. The number of aromatic amines is 1. The summed E-state index contributed by atoms with van der Waals surface area (Å²) >= 11 is 0. The van der Waals surface area contributed by atoms with Crippen molar-refractivity contribution < 1.29 is 4.74 Å². The van der Waals surface area contributed by atoms with Crippen molar-refractivity contribution in [3.05, 3.63) is 17.5 Å². The van der Waals surface area contributed by atoms with Crippen LogP contribution < -0.4 is 5.32 Å². The third-order valence-electron chi connectivity index (χ3n) is 3.86. The monoisotopic (exact) mass is 250 g/mol. The fourth-order valence-electron chi connectivity index (χ4n) is 2.56. The summed E-state index contributed by atoms with van der Waals surface area (Å²) in [6.07, 6.45) is 5.00. The van der Waals surface area contributed by atoms with Crippen LogP contribution in [0.5, 0.6) is 0 Å². The van der Waals surface area contributed by atoms with Gasteiger partial charge in [-0.05, 0) is 19.8 Å². The molecule has 5 nitrogen and oxygen atoms in total. The summed E-state index contributed by atoms with van der Waals surface area (Å²) in [6.45, 7) is 6.92. The first-order valence-electron chi connectivity index (χ1n) is 6.88. The smallest absolute Gasteiger partial charge is 0.0826 e. The zero-order chi connectivity index (χ0) is 12.4. The molecule has 1 aromatic heterocycles. The predicted molar refractivity (Wildman–Crippen MR) is 69.4 cm³/mol. The lowest BCUT2D eigenvalue weighted by atomic mass is 10.2. The molecular formula is C13H22N4O. The maximum atomic E-state index is 5.81. The number of aryl methyl sites for hydroxylation is 1. The largest absolute Gasteiger partial charge is 0.374 e. The van der Waals surface area contributed by atoms with Gasteiger partial charge in [0, 0.05) is 43.5 Å². The molecule has 0 radical (unpaired) electrons. The van der Waals surface area contributed by atoms with E-state index < -0.39 is 0 Å². The number of rotatable bonds is 5. The van der Waals surface area contributed by atoms with E-state index in [0.717, 1.165) is 44.5 Å². The minimum Gasteiger partial charge on any atom is -0.374 e. The van der Waals surface area contributed by atoms with Gasteiger partial charge in [0.1, 0.15) is 0 Å². The Kier molecular flexibility index (Phi) is 3.63. The highest BCUT2D eigenvalue weighted by atomic mass is 16.5. The van der Waals surface area contributed by atoms with Crippen LogP contribution in [0.25, 0.3) is 0 Å². The maximum Gasteiger partial charge on any atom is 0.0826 e. The van der Waals surface area contributed by atoms with Gasteiger partial charge in [-0.25, -0.2) is 0 Å². The molecule has 1 aliphatic heterocycles. The quantitative estimate of drug-likeness (QED) is 0.806. The Hall–Kier alpha value is -0.910. The number of ether oxygens (including phenoxy) is 1. The third-order valence-corrected chi connectivity index (χ3v) is 3.86. The zero-order valence-electron chi connectivity index (χ0n) is 11.0. The van der Waals surface area contributed by atoms with Crippen LogP contribution in [0.4, 0.5) is 0 Å². The molecule has 2 fully saturated rings. The molecule has 1 saturated carbocycles. The number of nitrogens with zero attached hydrogens (tertiary/aromatic N) is 2. The Balaban J connectivity index is 1.41. The van der Waals surface area contributed by atoms with E-state index in [-0.39, 0.29) is 0 Å². The number of nitrogens with one attached hydrogen (secondary N) is 2. The number of morpholine rings is 1. The molecule has 18 heavy (non-hydrogen) atoms. The van der Waals surface area contributed by atoms with E-state index in [4.69, 9.17) is 4.74 Å². The third kappa shape index (κ3) is 2.91. The van der Waals surface area contributed by atoms with Crippen molar-refractivity contribution >= 4 is 0 Å². The van der Waals surface area contributed by atoms with E-state index >= 15 is 0 Å². The summed E-state index contributed by atoms with van der Waals surface area (Å²) in [7, 11) is 0. The van der Waals surface area contributed by atoms with Crippen LogP contribution in [0, 0.1) is 6.92 Å². The van der Waals surface area contributed by atoms with Gasteiger partial charge < -0.3 is 10.1 Å². The van der Waals surface area contributed by atoms with Gasteiger partial charge in [-0.2, -0.15) is 5.10 Å². The van der Waals surface area contributed by atoms with Crippen molar-refractivity contribution in [1.29, 1.82) is 0 Å². The summed E-state index contributed by atoms with van der Waals surface area (Å²) < 4.78 is 5.81. The van der Waals surface area contributed by atoms with Crippen LogP contribution >= 0.6 is 0 Å². The molecule has 2 aliphatic rings. The molecule has 0 aromatic carbocycles. The molecule has 0 amide bonds. The topological polar surface area (TPSA) is 53.2 Å². The van der Waals surface area contributed by atoms with E-state index in [1.165, 1.54) is 18.4 Å². The zero-order valence-corrected chi connectivity index (χ0v) is 11.0. The van der Waals surface area contributed by atoms with Crippen LogP contribution in [0.3, 0.4) is 0 Å². The minimum absolute atomic E-state index is 0.339. The van der Waals surface area contributed by atoms with Gasteiger partial charge in [-0.1, -0.05) is 0 Å². The first kappa shape index (κ1) is 12.1. The molecular weight excluding hydrogens is 228 g/mol. The van der Waals surface area contributed by atoms with Gasteiger partial charge in [-0.15, -0.1) is 0 Å². The van der Waals surface area contributed by atoms with Gasteiger partial charge >= 0.3 is 0 Å². The predicted octanol–water partition coefficient (Wildman–Crippen LogP) is 0.671. The summed E-state index contributed by atoms with van der Waals surface area (Å²) in [5, 5.41) is 10.5. The minimum atomic E-state index is 0.339. The van der Waals surface area contributed by atoms with Crippen molar-refractivity contribution in [2.75, 3.05) is 26.2 Å². The Bertz CT molecular complexity index is 388. The van der Waals surface area contributed by atoms with E-state index in [1.807, 2.05) is 6.20 Å². The molecule has 1 aromatic rings. The molecule has 1 atom stereocenters. The van der Waals surface area contributed by atoms with E-state index in [0.29, 0.717) is 6.10 Å². The Morgan fingerprint density at radius 1 is 1.56 bits per heavy atom. The molecule has 100 valence electrons. The molecule has 2 heterocycles. The number of aromatic nitrogens is 2. The van der Waals surface area contributed by atoms with Crippen molar-refractivity contribution in [3.8, 4) is 0 Å². The first-order valence-corrected chi connectivity index (χ1v) is 6.88. The Morgan fingerprint density at radius 2 is 2.44 bits per heavy atom. The molecule has 5 heteroatoms. The second-order valence-corrected chi connectivity index (χ2v) is 5.37. The van der Waals surface area contributed by atoms with Crippen molar-refractivity contribution in [1.82, 2.24) is 20.4 Å². The fourth-order valence-corrected chi connectivity index (χ4v) is 2.56. The summed E-state index contributed by atoms with van der Waals surface area (Å²) in [5.41, 5.74) is 2.39. The lowest BCUT2D eigenvalue weighted by molar-refractivity contribution is -0.0301. The molecule has 0 bridgehead atoms.